The molecule has 3 amide bonds. The molecule has 7 nitrogen and oxygen atoms in total. The Morgan fingerprint density at radius 3 is 2.23 bits per heavy atom. The SMILES string of the molecule is O=C(NC(=O)c1c(Cl)cccc1Cl)Nc1cnc(Oc2ccccc2C(F)(F)F)cn1. The van der Waals surface area contributed by atoms with Gasteiger partial charge in [0.25, 0.3) is 5.91 Å². The third-order valence-corrected chi connectivity index (χ3v) is 4.32. The van der Waals surface area contributed by atoms with E-state index in [-0.39, 0.29) is 27.3 Å². The molecule has 0 aliphatic heterocycles. The first-order valence-electron chi connectivity index (χ1n) is 8.37. The maximum absolute atomic E-state index is 13.0. The summed E-state index contributed by atoms with van der Waals surface area (Å²) in [5.41, 5.74) is -1.06. The van der Waals surface area contributed by atoms with Crippen LogP contribution < -0.4 is 15.4 Å². The Balaban J connectivity index is 1.65. The number of anilines is 1. The molecule has 1 heterocycles. The van der Waals surface area contributed by atoms with Crippen LogP contribution in [0.2, 0.25) is 10.0 Å². The molecule has 0 bridgehead atoms. The Kier molecular flexibility index (Phi) is 6.62. The molecule has 0 fully saturated rings. The number of para-hydroxylation sites is 1. The summed E-state index contributed by atoms with van der Waals surface area (Å²) in [6.45, 7) is 0. The molecule has 12 heteroatoms. The van der Waals surface area contributed by atoms with Crippen molar-refractivity contribution >= 4 is 41.0 Å². The minimum Gasteiger partial charge on any atom is -0.437 e. The van der Waals surface area contributed by atoms with Crippen molar-refractivity contribution in [3.05, 3.63) is 76.0 Å². The monoisotopic (exact) mass is 470 g/mol. The van der Waals surface area contributed by atoms with Gasteiger partial charge >= 0.3 is 12.2 Å². The van der Waals surface area contributed by atoms with Crippen LogP contribution in [0.4, 0.5) is 23.8 Å². The van der Waals surface area contributed by atoms with E-state index in [1.54, 1.807) is 0 Å². The van der Waals surface area contributed by atoms with Crippen LogP contribution in [0.5, 0.6) is 11.6 Å². The second-order valence-electron chi connectivity index (χ2n) is 5.84. The van der Waals surface area contributed by atoms with Gasteiger partial charge in [0.15, 0.2) is 5.82 Å². The number of carbonyl (C=O) groups excluding carboxylic acids is 2. The number of alkyl halides is 3. The van der Waals surface area contributed by atoms with E-state index in [2.05, 4.69) is 15.3 Å². The summed E-state index contributed by atoms with van der Waals surface area (Å²) in [6.07, 6.45) is -2.56. The van der Waals surface area contributed by atoms with Crippen LogP contribution in [0, 0.1) is 0 Å². The van der Waals surface area contributed by atoms with Crippen molar-refractivity contribution in [2.24, 2.45) is 0 Å². The lowest BCUT2D eigenvalue weighted by molar-refractivity contribution is -0.138. The predicted molar refractivity (Wildman–Crippen MR) is 106 cm³/mol. The summed E-state index contributed by atoms with van der Waals surface area (Å²) < 4.78 is 44.2. The highest BCUT2D eigenvalue weighted by Crippen LogP contribution is 2.37. The van der Waals surface area contributed by atoms with Crippen molar-refractivity contribution in [1.29, 1.82) is 0 Å². The molecule has 0 aliphatic carbocycles. The van der Waals surface area contributed by atoms with Gasteiger partial charge in [0, 0.05) is 0 Å². The molecular weight excluding hydrogens is 460 g/mol. The highest BCUT2D eigenvalue weighted by molar-refractivity contribution is 6.40. The number of urea groups is 1. The second kappa shape index (κ2) is 9.19. The number of nitrogens with one attached hydrogen (secondary N) is 2. The molecule has 3 aromatic rings. The number of carbonyl (C=O) groups is 2. The van der Waals surface area contributed by atoms with Crippen molar-refractivity contribution in [3.8, 4) is 11.6 Å². The number of benzene rings is 2. The molecule has 31 heavy (non-hydrogen) atoms. The van der Waals surface area contributed by atoms with E-state index in [0.29, 0.717) is 0 Å². The number of aromatic nitrogens is 2. The van der Waals surface area contributed by atoms with Crippen molar-refractivity contribution < 1.29 is 27.5 Å². The fourth-order valence-corrected chi connectivity index (χ4v) is 2.93. The minimum absolute atomic E-state index is 0.0539. The normalized spacial score (nSPS) is 11.0. The zero-order chi connectivity index (χ0) is 22.6. The maximum atomic E-state index is 13.0. The minimum atomic E-state index is -4.61. The van der Waals surface area contributed by atoms with Crippen molar-refractivity contribution in [3.63, 3.8) is 0 Å². The van der Waals surface area contributed by atoms with E-state index in [0.717, 1.165) is 24.5 Å². The molecule has 2 N–H and O–H groups in total. The van der Waals surface area contributed by atoms with Crippen LogP contribution in [0.25, 0.3) is 0 Å². The number of halogens is 5. The molecular formula is C19H11Cl2F3N4O3. The number of nitrogens with zero attached hydrogens (tertiary/aromatic N) is 2. The van der Waals surface area contributed by atoms with Gasteiger partial charge in [0.1, 0.15) is 5.75 Å². The number of imide groups is 1. The van der Waals surface area contributed by atoms with Gasteiger partial charge in [0.2, 0.25) is 5.88 Å². The summed E-state index contributed by atoms with van der Waals surface area (Å²) in [5, 5.41) is 4.37. The van der Waals surface area contributed by atoms with Crippen LogP contribution in [-0.4, -0.2) is 21.9 Å². The molecule has 0 saturated carbocycles. The highest BCUT2D eigenvalue weighted by atomic mass is 35.5. The molecule has 0 saturated heterocycles. The van der Waals surface area contributed by atoms with Gasteiger partial charge in [-0.05, 0) is 24.3 Å². The molecule has 2 aromatic carbocycles. The van der Waals surface area contributed by atoms with Gasteiger partial charge < -0.3 is 4.74 Å². The Morgan fingerprint density at radius 2 is 1.61 bits per heavy atom. The molecule has 160 valence electrons. The molecule has 0 unspecified atom stereocenters. The topological polar surface area (TPSA) is 93.2 Å². The van der Waals surface area contributed by atoms with Crippen LogP contribution in [-0.2, 0) is 6.18 Å². The fourth-order valence-electron chi connectivity index (χ4n) is 2.36. The van der Waals surface area contributed by atoms with Crippen molar-refractivity contribution in [2.45, 2.75) is 6.18 Å². The lowest BCUT2D eigenvalue weighted by Gasteiger charge is -2.13. The quantitative estimate of drug-likeness (QED) is 0.520. The van der Waals surface area contributed by atoms with E-state index in [9.17, 15) is 22.8 Å². The second-order valence-corrected chi connectivity index (χ2v) is 6.66. The molecule has 1 aromatic heterocycles. The molecule has 0 atom stereocenters. The van der Waals surface area contributed by atoms with E-state index < -0.39 is 29.4 Å². The van der Waals surface area contributed by atoms with Crippen molar-refractivity contribution in [2.75, 3.05) is 5.32 Å². The predicted octanol–water partition coefficient (Wildman–Crippen LogP) is 5.56. The molecule has 0 radical (unpaired) electrons. The number of ether oxygens (including phenoxy) is 1. The number of hydrogen-bond acceptors (Lipinski definition) is 5. The number of rotatable bonds is 4. The van der Waals surface area contributed by atoms with Gasteiger partial charge in [-0.25, -0.2) is 14.8 Å². The third kappa shape index (κ3) is 5.62. The zero-order valence-electron chi connectivity index (χ0n) is 15.2. The smallest absolute Gasteiger partial charge is 0.419 e. The van der Waals surface area contributed by atoms with Crippen LogP contribution in [0.3, 0.4) is 0 Å². The van der Waals surface area contributed by atoms with Gasteiger partial charge in [-0.2, -0.15) is 13.2 Å². The Labute approximate surface area is 183 Å². The zero-order valence-corrected chi connectivity index (χ0v) is 16.7. The summed E-state index contributed by atoms with van der Waals surface area (Å²) in [5.74, 6) is -1.62. The first-order chi connectivity index (χ1) is 14.6. The van der Waals surface area contributed by atoms with Gasteiger partial charge in [-0.3, -0.25) is 15.4 Å². The standard InChI is InChI=1S/C19H11Cl2F3N4O3/c20-11-5-3-6-12(21)16(11)17(29)28-18(30)27-14-8-26-15(9-25-14)31-13-7-2-1-4-10(13)19(22,23)24/h1-9H,(H2,25,27,28,29,30). The van der Waals surface area contributed by atoms with Crippen molar-refractivity contribution in [1.82, 2.24) is 15.3 Å². The number of amides is 3. The Bertz CT molecular complexity index is 1100. The summed E-state index contributed by atoms with van der Waals surface area (Å²) in [6, 6.07) is 8.05. The van der Waals surface area contributed by atoms with Gasteiger partial charge in [0.05, 0.1) is 33.6 Å². The van der Waals surface area contributed by atoms with E-state index >= 15 is 0 Å². The van der Waals surface area contributed by atoms with E-state index in [1.807, 2.05) is 5.32 Å². The van der Waals surface area contributed by atoms with E-state index in [1.165, 1.54) is 30.3 Å². The van der Waals surface area contributed by atoms with Gasteiger partial charge in [-0.1, -0.05) is 41.4 Å². The number of hydrogen-bond donors (Lipinski definition) is 2. The summed E-state index contributed by atoms with van der Waals surface area (Å²) in [4.78, 5) is 31.8. The molecule has 0 aliphatic rings. The van der Waals surface area contributed by atoms with E-state index in [4.69, 9.17) is 27.9 Å². The largest absolute Gasteiger partial charge is 0.437 e. The average molecular weight is 471 g/mol. The summed E-state index contributed by atoms with van der Waals surface area (Å²) >= 11 is 11.8. The maximum Gasteiger partial charge on any atom is 0.419 e. The Hall–Kier alpha value is -3.37. The Morgan fingerprint density at radius 1 is 0.935 bits per heavy atom. The van der Waals surface area contributed by atoms with Crippen LogP contribution in [0.15, 0.2) is 54.9 Å². The molecule has 0 spiro atoms. The summed E-state index contributed by atoms with van der Waals surface area (Å²) in [7, 11) is 0. The lowest BCUT2D eigenvalue weighted by Crippen LogP contribution is -2.34. The van der Waals surface area contributed by atoms with Crippen LogP contribution in [0.1, 0.15) is 15.9 Å². The lowest BCUT2D eigenvalue weighted by atomic mass is 10.2. The molecule has 3 rings (SSSR count). The van der Waals surface area contributed by atoms with Crippen LogP contribution >= 0.6 is 23.2 Å². The van der Waals surface area contributed by atoms with Gasteiger partial charge in [-0.15, -0.1) is 0 Å². The first-order valence-corrected chi connectivity index (χ1v) is 9.13. The first kappa shape index (κ1) is 22.3. The fraction of sp³-hybridized carbons (Fsp3) is 0.0526. The average Bonchev–Trinajstić information content (AvgIpc) is 2.69. The highest BCUT2D eigenvalue weighted by Gasteiger charge is 2.34. The third-order valence-electron chi connectivity index (χ3n) is 3.69.